The molecule has 0 spiro atoms. The maximum Gasteiger partial charge on any atom is 0.295 e. The Bertz CT molecular complexity index is 1140. The highest BCUT2D eigenvalue weighted by atomic mass is 16.5. The summed E-state index contributed by atoms with van der Waals surface area (Å²) in [5, 5.41) is 11.4. The van der Waals surface area contributed by atoms with Crippen molar-refractivity contribution in [3.05, 3.63) is 58.7 Å². The molecule has 0 aromatic heterocycles. The number of nitrogens with zero attached hydrogens (tertiary/aromatic N) is 2. The summed E-state index contributed by atoms with van der Waals surface area (Å²) in [4.78, 5) is 30.0. The third-order valence-electron chi connectivity index (χ3n) is 6.10. The third kappa shape index (κ3) is 5.65. The van der Waals surface area contributed by atoms with E-state index in [9.17, 15) is 14.7 Å². The van der Waals surface area contributed by atoms with E-state index in [4.69, 9.17) is 14.2 Å². The lowest BCUT2D eigenvalue weighted by Gasteiger charge is -2.26. The maximum absolute atomic E-state index is 13.3. The van der Waals surface area contributed by atoms with Crippen LogP contribution in [0.15, 0.2) is 42.0 Å². The van der Waals surface area contributed by atoms with E-state index in [1.165, 1.54) is 4.90 Å². The Morgan fingerprint density at radius 1 is 1.00 bits per heavy atom. The Balaban J connectivity index is 2.14. The number of aryl methyl sites for hydroxylation is 1. The predicted molar refractivity (Wildman–Crippen MR) is 139 cm³/mol. The highest BCUT2D eigenvalue weighted by Gasteiger charge is 2.46. The second kappa shape index (κ2) is 11.9. The lowest BCUT2D eigenvalue weighted by molar-refractivity contribution is -0.139. The summed E-state index contributed by atoms with van der Waals surface area (Å²) in [6.07, 6.45) is 0.673. The molecule has 1 fully saturated rings. The molecule has 0 radical (unpaired) electrons. The smallest absolute Gasteiger partial charge is 0.295 e. The number of ketones is 1. The standard InChI is InChI=1S/C28H36N2O6/c1-7-35-21-12-11-20(16-18(21)3)26(31)24-25(19-10-13-22(36-8-2)23(17-19)34-6)30(28(33)27(24)32)15-9-14-29(4)5/h10-13,16-17,25,31H,7-9,14-15H2,1-6H3/b26-24-. The van der Waals surface area contributed by atoms with Gasteiger partial charge < -0.3 is 29.1 Å². The predicted octanol–water partition coefficient (Wildman–Crippen LogP) is 4.17. The van der Waals surface area contributed by atoms with Crippen molar-refractivity contribution in [3.63, 3.8) is 0 Å². The second-order valence-electron chi connectivity index (χ2n) is 8.91. The number of aliphatic hydroxyl groups is 1. The minimum atomic E-state index is -0.761. The van der Waals surface area contributed by atoms with Gasteiger partial charge in [-0.3, -0.25) is 9.59 Å². The first-order chi connectivity index (χ1) is 17.2. The molecule has 1 aliphatic rings. The molecule has 1 amide bonds. The zero-order valence-electron chi connectivity index (χ0n) is 22.0. The van der Waals surface area contributed by atoms with Gasteiger partial charge in [0.2, 0.25) is 0 Å². The van der Waals surface area contributed by atoms with Crippen molar-refractivity contribution in [1.82, 2.24) is 9.80 Å². The summed E-state index contributed by atoms with van der Waals surface area (Å²) in [5.41, 5.74) is 1.98. The number of benzene rings is 2. The molecule has 1 saturated heterocycles. The first-order valence-corrected chi connectivity index (χ1v) is 12.2. The summed E-state index contributed by atoms with van der Waals surface area (Å²) >= 11 is 0. The van der Waals surface area contributed by atoms with E-state index in [2.05, 4.69) is 0 Å². The van der Waals surface area contributed by atoms with Gasteiger partial charge in [-0.15, -0.1) is 0 Å². The van der Waals surface area contributed by atoms with Crippen molar-refractivity contribution in [3.8, 4) is 17.2 Å². The van der Waals surface area contributed by atoms with E-state index in [-0.39, 0.29) is 11.3 Å². The summed E-state index contributed by atoms with van der Waals surface area (Å²) < 4.78 is 16.8. The van der Waals surface area contributed by atoms with Crippen LogP contribution in [-0.2, 0) is 9.59 Å². The van der Waals surface area contributed by atoms with Crippen molar-refractivity contribution in [2.45, 2.75) is 33.2 Å². The van der Waals surface area contributed by atoms with Gasteiger partial charge in [-0.25, -0.2) is 0 Å². The van der Waals surface area contributed by atoms with Crippen molar-refractivity contribution in [1.29, 1.82) is 0 Å². The number of ether oxygens (including phenoxy) is 3. The van der Waals surface area contributed by atoms with Crippen molar-refractivity contribution < 1.29 is 28.9 Å². The van der Waals surface area contributed by atoms with Crippen molar-refractivity contribution in [2.24, 2.45) is 0 Å². The minimum Gasteiger partial charge on any atom is -0.507 e. The number of methoxy groups -OCH3 is 1. The van der Waals surface area contributed by atoms with Crippen LogP contribution < -0.4 is 14.2 Å². The molecule has 2 aromatic rings. The van der Waals surface area contributed by atoms with Crippen LogP contribution in [-0.4, -0.2) is 74.1 Å². The zero-order valence-corrected chi connectivity index (χ0v) is 22.0. The molecule has 0 aliphatic carbocycles. The van der Waals surface area contributed by atoms with Crippen LogP contribution in [0, 0.1) is 6.92 Å². The van der Waals surface area contributed by atoms with Gasteiger partial charge >= 0.3 is 0 Å². The number of carbonyl (C=O) groups excluding carboxylic acids is 2. The van der Waals surface area contributed by atoms with Gasteiger partial charge in [-0.05, 0) is 89.3 Å². The van der Waals surface area contributed by atoms with Crippen LogP contribution in [0.3, 0.4) is 0 Å². The molecule has 0 saturated carbocycles. The largest absolute Gasteiger partial charge is 0.507 e. The number of rotatable bonds is 11. The molecule has 1 atom stereocenters. The topological polar surface area (TPSA) is 88.5 Å². The van der Waals surface area contributed by atoms with Crippen LogP contribution in [0.1, 0.15) is 43.0 Å². The van der Waals surface area contributed by atoms with Crippen molar-refractivity contribution in [2.75, 3.05) is 47.5 Å². The quantitative estimate of drug-likeness (QED) is 0.284. The van der Waals surface area contributed by atoms with Crippen LogP contribution in [0.4, 0.5) is 0 Å². The maximum atomic E-state index is 13.3. The molecule has 1 unspecified atom stereocenters. The average Bonchev–Trinajstić information content (AvgIpc) is 3.10. The first-order valence-electron chi connectivity index (χ1n) is 12.2. The summed E-state index contributed by atoms with van der Waals surface area (Å²) in [6, 6.07) is 9.78. The molecule has 2 aromatic carbocycles. The number of hydrogen-bond donors (Lipinski definition) is 1. The average molecular weight is 497 g/mol. The molecular formula is C28H36N2O6. The summed E-state index contributed by atoms with van der Waals surface area (Å²) in [5.74, 6) is 0.205. The molecule has 1 aliphatic heterocycles. The molecule has 36 heavy (non-hydrogen) atoms. The van der Waals surface area contributed by atoms with E-state index < -0.39 is 17.7 Å². The van der Waals surface area contributed by atoms with Crippen LogP contribution in [0.5, 0.6) is 17.2 Å². The van der Waals surface area contributed by atoms with Crippen molar-refractivity contribution >= 4 is 17.4 Å². The van der Waals surface area contributed by atoms with Crippen LogP contribution >= 0.6 is 0 Å². The molecule has 0 bridgehead atoms. The second-order valence-corrected chi connectivity index (χ2v) is 8.91. The minimum absolute atomic E-state index is 0.0552. The molecule has 8 heteroatoms. The Morgan fingerprint density at radius 3 is 2.28 bits per heavy atom. The number of likely N-dealkylation sites (tertiary alicyclic amines) is 1. The number of carbonyl (C=O) groups is 2. The molecule has 1 heterocycles. The normalized spacial score (nSPS) is 17.1. The fourth-order valence-electron chi connectivity index (χ4n) is 4.41. The van der Waals surface area contributed by atoms with Gasteiger partial charge in [0, 0.05) is 12.1 Å². The third-order valence-corrected chi connectivity index (χ3v) is 6.10. The van der Waals surface area contributed by atoms with Gasteiger partial charge in [-0.2, -0.15) is 0 Å². The van der Waals surface area contributed by atoms with Gasteiger partial charge in [0.15, 0.2) is 11.5 Å². The molecule has 194 valence electrons. The van der Waals surface area contributed by atoms with E-state index >= 15 is 0 Å². The number of hydrogen-bond acceptors (Lipinski definition) is 7. The molecule has 1 N–H and O–H groups in total. The fraction of sp³-hybridized carbons (Fsp3) is 0.429. The summed E-state index contributed by atoms with van der Waals surface area (Å²) in [6.45, 7) is 7.75. The first kappa shape index (κ1) is 27.1. The highest BCUT2D eigenvalue weighted by molar-refractivity contribution is 6.46. The SMILES string of the molecule is CCOc1ccc(/C(O)=C2/C(=O)C(=O)N(CCCN(C)C)C2c2ccc(OCC)c(OC)c2)cc1C. The number of Topliss-reactive ketones (excluding diaryl/α,β-unsaturated/α-hetero) is 1. The Labute approximate surface area is 213 Å². The van der Waals surface area contributed by atoms with Crippen LogP contribution in [0.2, 0.25) is 0 Å². The van der Waals surface area contributed by atoms with E-state index in [0.717, 1.165) is 12.1 Å². The van der Waals surface area contributed by atoms with Gasteiger partial charge in [0.1, 0.15) is 11.5 Å². The Hall–Kier alpha value is -3.52. The monoisotopic (exact) mass is 496 g/mol. The molecular weight excluding hydrogens is 460 g/mol. The molecule has 3 rings (SSSR count). The number of amides is 1. The van der Waals surface area contributed by atoms with Gasteiger partial charge in [0.25, 0.3) is 11.7 Å². The fourth-order valence-corrected chi connectivity index (χ4v) is 4.41. The lowest BCUT2D eigenvalue weighted by atomic mass is 9.94. The Morgan fingerprint density at radius 2 is 1.67 bits per heavy atom. The van der Waals surface area contributed by atoms with E-state index in [1.54, 1.807) is 43.5 Å². The lowest BCUT2D eigenvalue weighted by Crippen LogP contribution is -2.32. The van der Waals surface area contributed by atoms with Crippen LogP contribution in [0.25, 0.3) is 5.76 Å². The summed E-state index contributed by atoms with van der Waals surface area (Å²) in [7, 11) is 5.45. The highest BCUT2D eigenvalue weighted by Crippen LogP contribution is 2.42. The zero-order chi connectivity index (χ0) is 26.4. The van der Waals surface area contributed by atoms with E-state index in [0.29, 0.717) is 54.6 Å². The van der Waals surface area contributed by atoms with Gasteiger partial charge in [0.05, 0.1) is 31.9 Å². The Kier molecular flexibility index (Phi) is 8.98. The van der Waals surface area contributed by atoms with E-state index in [1.807, 2.05) is 39.8 Å². The van der Waals surface area contributed by atoms with Gasteiger partial charge in [-0.1, -0.05) is 6.07 Å². The molecule has 8 nitrogen and oxygen atoms in total. The number of aliphatic hydroxyl groups excluding tert-OH is 1.